The fourth-order valence-electron chi connectivity index (χ4n) is 2.57. The summed E-state index contributed by atoms with van der Waals surface area (Å²) in [5.74, 6) is 1.13. The summed E-state index contributed by atoms with van der Waals surface area (Å²) in [7, 11) is 0. The van der Waals surface area contributed by atoms with E-state index in [1.165, 1.54) is 23.0 Å². The van der Waals surface area contributed by atoms with E-state index in [2.05, 4.69) is 16.8 Å². The number of fused-ring (bicyclic) bond motifs is 1. The zero-order valence-electron chi connectivity index (χ0n) is 10.8. The molecular weight excluding hydrogens is 267 g/mol. The number of hydrogen-bond acceptors (Lipinski definition) is 2. The number of nitrogens with zero attached hydrogens (tertiary/aromatic N) is 3. The summed E-state index contributed by atoms with van der Waals surface area (Å²) in [6.07, 6.45) is 2.44. The first-order valence-electron chi connectivity index (χ1n) is 6.57. The highest BCUT2D eigenvalue weighted by molar-refractivity contribution is 5.63. The van der Waals surface area contributed by atoms with Gasteiger partial charge in [-0.1, -0.05) is 31.9 Å². The van der Waals surface area contributed by atoms with Crippen molar-refractivity contribution in [1.82, 2.24) is 14.6 Å². The zero-order valence-corrected chi connectivity index (χ0v) is 10.8. The first kappa shape index (κ1) is 13.1. The molecule has 0 bridgehead atoms. The Balaban J connectivity index is 2.12. The Morgan fingerprint density at radius 2 is 2.10 bits per heavy atom. The van der Waals surface area contributed by atoms with Gasteiger partial charge in [-0.2, -0.15) is 13.2 Å². The Bertz CT molecular complexity index is 653. The number of hydrogen-bond donors (Lipinski definition) is 0. The highest BCUT2D eigenvalue weighted by atomic mass is 19.4. The average molecular weight is 281 g/mol. The molecule has 0 radical (unpaired) electrons. The van der Waals surface area contributed by atoms with E-state index in [-0.39, 0.29) is 11.2 Å². The van der Waals surface area contributed by atoms with Crippen LogP contribution in [0.4, 0.5) is 13.2 Å². The SMILES string of the molecule is C=Cc1ccn2c(CC3CCC3)nnc2c1C(F)(F)F. The van der Waals surface area contributed by atoms with Crippen molar-refractivity contribution < 1.29 is 13.2 Å². The topological polar surface area (TPSA) is 30.2 Å². The Labute approximate surface area is 114 Å². The Kier molecular flexibility index (Phi) is 3.03. The van der Waals surface area contributed by atoms with Crippen LogP contribution < -0.4 is 0 Å². The normalized spacial score (nSPS) is 16.4. The van der Waals surface area contributed by atoms with Crippen LogP contribution in [-0.2, 0) is 12.6 Å². The van der Waals surface area contributed by atoms with Gasteiger partial charge < -0.3 is 0 Å². The average Bonchev–Trinajstić information content (AvgIpc) is 2.74. The van der Waals surface area contributed by atoms with E-state index in [0.29, 0.717) is 18.2 Å². The molecule has 3 rings (SSSR count). The van der Waals surface area contributed by atoms with Crippen LogP contribution in [0.25, 0.3) is 11.7 Å². The van der Waals surface area contributed by atoms with Crippen molar-refractivity contribution in [2.45, 2.75) is 31.9 Å². The molecule has 106 valence electrons. The second kappa shape index (κ2) is 4.61. The number of pyridine rings is 1. The number of rotatable bonds is 3. The third kappa shape index (κ3) is 2.09. The molecule has 3 nitrogen and oxygen atoms in total. The summed E-state index contributed by atoms with van der Waals surface area (Å²) in [4.78, 5) is 0. The standard InChI is InChI=1S/C14H14F3N3/c1-2-10-6-7-20-11(8-9-4-3-5-9)18-19-13(20)12(10)14(15,16)17/h2,6-7,9H,1,3-5,8H2. The monoisotopic (exact) mass is 281 g/mol. The fraction of sp³-hybridized carbons (Fsp3) is 0.429. The van der Waals surface area contributed by atoms with Gasteiger partial charge in [-0.25, -0.2) is 0 Å². The molecule has 0 spiro atoms. The Morgan fingerprint density at radius 3 is 2.65 bits per heavy atom. The first-order valence-corrected chi connectivity index (χ1v) is 6.57. The lowest BCUT2D eigenvalue weighted by Gasteiger charge is -2.24. The lowest BCUT2D eigenvalue weighted by molar-refractivity contribution is -0.136. The van der Waals surface area contributed by atoms with Crippen LogP contribution in [0.5, 0.6) is 0 Å². The van der Waals surface area contributed by atoms with E-state index in [4.69, 9.17) is 0 Å². The molecule has 0 N–H and O–H groups in total. The fourth-order valence-corrected chi connectivity index (χ4v) is 2.57. The van der Waals surface area contributed by atoms with Crippen LogP contribution in [0.15, 0.2) is 18.8 Å². The van der Waals surface area contributed by atoms with Gasteiger partial charge in [0.15, 0.2) is 5.65 Å². The summed E-state index contributed by atoms with van der Waals surface area (Å²) in [6.45, 7) is 3.43. The van der Waals surface area contributed by atoms with Gasteiger partial charge >= 0.3 is 6.18 Å². The molecule has 1 aliphatic rings. The summed E-state index contributed by atoms with van der Waals surface area (Å²) in [6, 6.07) is 1.41. The summed E-state index contributed by atoms with van der Waals surface area (Å²) < 4.78 is 41.0. The summed E-state index contributed by atoms with van der Waals surface area (Å²) in [5.41, 5.74) is -0.862. The minimum absolute atomic E-state index is 0.0348. The smallest absolute Gasteiger partial charge is 0.286 e. The number of alkyl halides is 3. The molecule has 2 heterocycles. The molecule has 0 aliphatic heterocycles. The molecule has 0 amide bonds. The molecule has 0 aromatic carbocycles. The van der Waals surface area contributed by atoms with Crippen LogP contribution in [0.3, 0.4) is 0 Å². The highest BCUT2D eigenvalue weighted by Gasteiger charge is 2.37. The third-order valence-corrected chi connectivity index (χ3v) is 3.88. The summed E-state index contributed by atoms with van der Waals surface area (Å²) >= 11 is 0. The van der Waals surface area contributed by atoms with Crippen molar-refractivity contribution in [3.8, 4) is 0 Å². The zero-order chi connectivity index (χ0) is 14.3. The lowest BCUT2D eigenvalue weighted by Crippen LogP contribution is -2.16. The van der Waals surface area contributed by atoms with E-state index in [1.54, 1.807) is 6.20 Å². The van der Waals surface area contributed by atoms with Crippen LogP contribution in [0.2, 0.25) is 0 Å². The Morgan fingerprint density at radius 1 is 1.35 bits per heavy atom. The van der Waals surface area contributed by atoms with Crippen LogP contribution in [-0.4, -0.2) is 14.6 Å². The minimum atomic E-state index is -4.47. The summed E-state index contributed by atoms with van der Waals surface area (Å²) in [5, 5.41) is 7.70. The largest absolute Gasteiger partial charge is 0.420 e. The lowest BCUT2D eigenvalue weighted by atomic mass is 9.83. The third-order valence-electron chi connectivity index (χ3n) is 3.88. The molecule has 6 heteroatoms. The molecule has 2 aromatic rings. The van der Waals surface area contributed by atoms with Crippen molar-refractivity contribution >= 4 is 11.7 Å². The van der Waals surface area contributed by atoms with Crippen molar-refractivity contribution in [2.75, 3.05) is 0 Å². The number of halogens is 3. The quantitative estimate of drug-likeness (QED) is 0.858. The molecule has 0 unspecified atom stereocenters. The van der Waals surface area contributed by atoms with Crippen LogP contribution in [0, 0.1) is 5.92 Å². The maximum absolute atomic E-state index is 13.2. The van der Waals surface area contributed by atoms with Gasteiger partial charge in [0, 0.05) is 12.6 Å². The predicted octanol–water partition coefficient (Wildman–Crippen LogP) is 3.73. The van der Waals surface area contributed by atoms with E-state index in [0.717, 1.165) is 12.8 Å². The first-order chi connectivity index (χ1) is 9.50. The molecule has 20 heavy (non-hydrogen) atoms. The van der Waals surface area contributed by atoms with Gasteiger partial charge in [-0.3, -0.25) is 4.40 Å². The Hall–Kier alpha value is -1.85. The molecule has 1 fully saturated rings. The van der Waals surface area contributed by atoms with Crippen LogP contribution >= 0.6 is 0 Å². The minimum Gasteiger partial charge on any atom is -0.286 e. The van der Waals surface area contributed by atoms with Crippen molar-refractivity contribution in [2.24, 2.45) is 5.92 Å². The second-order valence-electron chi connectivity index (χ2n) is 5.16. The van der Waals surface area contributed by atoms with Gasteiger partial charge in [0.1, 0.15) is 11.4 Å². The molecule has 0 saturated heterocycles. The molecule has 2 aromatic heterocycles. The van der Waals surface area contributed by atoms with E-state index < -0.39 is 11.7 Å². The molecule has 1 aliphatic carbocycles. The van der Waals surface area contributed by atoms with Gasteiger partial charge in [0.25, 0.3) is 0 Å². The van der Waals surface area contributed by atoms with Gasteiger partial charge in [0.2, 0.25) is 0 Å². The van der Waals surface area contributed by atoms with Crippen molar-refractivity contribution in [3.63, 3.8) is 0 Å². The van der Waals surface area contributed by atoms with E-state index in [1.807, 2.05) is 0 Å². The highest BCUT2D eigenvalue weighted by Crippen LogP contribution is 2.36. The predicted molar refractivity (Wildman–Crippen MR) is 69.1 cm³/mol. The van der Waals surface area contributed by atoms with Gasteiger partial charge in [-0.05, 0) is 17.5 Å². The number of aromatic nitrogens is 3. The van der Waals surface area contributed by atoms with Crippen molar-refractivity contribution in [3.05, 3.63) is 35.8 Å². The molecule has 0 atom stereocenters. The van der Waals surface area contributed by atoms with Crippen molar-refractivity contribution in [1.29, 1.82) is 0 Å². The van der Waals surface area contributed by atoms with E-state index >= 15 is 0 Å². The molecule has 1 saturated carbocycles. The van der Waals surface area contributed by atoms with E-state index in [9.17, 15) is 13.2 Å². The maximum Gasteiger partial charge on any atom is 0.420 e. The second-order valence-corrected chi connectivity index (χ2v) is 5.16. The van der Waals surface area contributed by atoms with Gasteiger partial charge in [0.05, 0.1) is 0 Å². The van der Waals surface area contributed by atoms with Crippen LogP contribution in [0.1, 0.15) is 36.2 Å². The van der Waals surface area contributed by atoms with Gasteiger partial charge in [-0.15, -0.1) is 10.2 Å². The maximum atomic E-state index is 13.2. The molecular formula is C14H14F3N3.